The van der Waals surface area contributed by atoms with E-state index in [1.165, 1.54) is 6.33 Å². The van der Waals surface area contributed by atoms with Crippen LogP contribution in [-0.2, 0) is 6.54 Å². The highest BCUT2D eigenvalue weighted by Crippen LogP contribution is 2.14. The molecule has 1 aromatic heterocycles. The first-order valence-corrected chi connectivity index (χ1v) is 6.51. The first-order chi connectivity index (χ1) is 10.1. The fourth-order valence-corrected chi connectivity index (χ4v) is 1.90. The van der Waals surface area contributed by atoms with Crippen molar-refractivity contribution in [3.63, 3.8) is 0 Å². The van der Waals surface area contributed by atoms with Gasteiger partial charge in [-0.1, -0.05) is 23.5 Å². The van der Waals surface area contributed by atoms with Gasteiger partial charge in [0.1, 0.15) is 12.2 Å². The van der Waals surface area contributed by atoms with Crippen molar-refractivity contribution in [2.45, 2.75) is 13.5 Å². The Kier molecular flexibility index (Phi) is 4.69. The lowest BCUT2D eigenvalue weighted by Gasteiger charge is -2.17. The summed E-state index contributed by atoms with van der Waals surface area (Å²) in [5, 5.41) is 6.50. The van der Waals surface area contributed by atoms with Gasteiger partial charge in [0.15, 0.2) is 0 Å². The second-order valence-corrected chi connectivity index (χ2v) is 4.65. The Morgan fingerprint density at radius 2 is 2.29 bits per heavy atom. The van der Waals surface area contributed by atoms with Crippen LogP contribution in [0.25, 0.3) is 0 Å². The van der Waals surface area contributed by atoms with Crippen LogP contribution >= 0.6 is 0 Å². The molecule has 0 atom stereocenters. The first-order valence-electron chi connectivity index (χ1n) is 6.51. The van der Waals surface area contributed by atoms with Gasteiger partial charge in [0, 0.05) is 12.6 Å². The molecule has 1 amide bonds. The Labute approximate surface area is 123 Å². The zero-order chi connectivity index (χ0) is 15.2. The highest BCUT2D eigenvalue weighted by atomic mass is 16.2. The van der Waals surface area contributed by atoms with Crippen molar-refractivity contribution in [1.82, 2.24) is 20.1 Å². The van der Waals surface area contributed by atoms with Gasteiger partial charge in [-0.15, -0.1) is 0 Å². The van der Waals surface area contributed by atoms with E-state index in [-0.39, 0.29) is 12.5 Å². The largest absolute Gasteiger partial charge is 0.334 e. The van der Waals surface area contributed by atoms with Crippen molar-refractivity contribution in [1.29, 1.82) is 0 Å². The number of nitrogens with two attached hydrogens (primary N) is 1. The molecule has 0 fully saturated rings. The number of nitrogens with zero attached hydrogens (tertiary/aromatic N) is 3. The summed E-state index contributed by atoms with van der Waals surface area (Å²) in [6.07, 6.45) is 1.42. The van der Waals surface area contributed by atoms with Gasteiger partial charge in [0.05, 0.1) is 18.7 Å². The number of rotatable bonds is 3. The predicted molar refractivity (Wildman–Crippen MR) is 79.3 cm³/mol. The van der Waals surface area contributed by atoms with E-state index in [4.69, 9.17) is 5.73 Å². The summed E-state index contributed by atoms with van der Waals surface area (Å²) in [7, 11) is 1.72. The number of aryl methyl sites for hydroxylation is 1. The summed E-state index contributed by atoms with van der Waals surface area (Å²) in [6, 6.07) is 5.60. The monoisotopic (exact) mass is 283 g/mol. The number of aromatic amines is 1. The molecule has 21 heavy (non-hydrogen) atoms. The van der Waals surface area contributed by atoms with Gasteiger partial charge in [-0.05, 0) is 19.1 Å². The molecule has 0 radical (unpaired) electrons. The molecule has 0 bridgehead atoms. The van der Waals surface area contributed by atoms with Crippen LogP contribution in [0.15, 0.2) is 24.5 Å². The van der Waals surface area contributed by atoms with E-state index in [0.29, 0.717) is 23.5 Å². The molecule has 1 heterocycles. The number of carbonyl (C=O) groups excluding carboxylic acids is 1. The Morgan fingerprint density at radius 1 is 1.48 bits per heavy atom. The van der Waals surface area contributed by atoms with Gasteiger partial charge < -0.3 is 10.6 Å². The minimum atomic E-state index is -0.114. The molecule has 0 unspecified atom stereocenters. The summed E-state index contributed by atoms with van der Waals surface area (Å²) >= 11 is 0. The molecule has 3 N–H and O–H groups in total. The number of nitrogens with one attached hydrogen (secondary N) is 1. The lowest BCUT2D eigenvalue weighted by molar-refractivity contribution is 0.0781. The van der Waals surface area contributed by atoms with Crippen LogP contribution in [0.4, 0.5) is 0 Å². The molecule has 1 aromatic carbocycles. The van der Waals surface area contributed by atoms with Crippen LogP contribution in [0.5, 0.6) is 0 Å². The number of aromatic nitrogens is 3. The second kappa shape index (κ2) is 6.68. The Bertz CT molecular complexity index is 682. The molecular formula is C15H17N5O. The van der Waals surface area contributed by atoms with Gasteiger partial charge in [-0.3, -0.25) is 9.89 Å². The molecule has 0 aliphatic carbocycles. The number of hydrogen-bond acceptors (Lipinski definition) is 4. The molecule has 2 rings (SSSR count). The summed E-state index contributed by atoms with van der Waals surface area (Å²) in [5.74, 6) is 6.24. The number of carbonyl (C=O) groups is 1. The molecule has 0 saturated carbocycles. The molecule has 0 spiro atoms. The summed E-state index contributed by atoms with van der Waals surface area (Å²) in [5.41, 5.74) is 7.65. The number of amides is 1. The molecule has 0 aliphatic heterocycles. The summed E-state index contributed by atoms with van der Waals surface area (Å²) < 4.78 is 0. The van der Waals surface area contributed by atoms with E-state index in [2.05, 4.69) is 27.0 Å². The minimum Gasteiger partial charge on any atom is -0.334 e. The predicted octanol–water partition coefficient (Wildman–Crippen LogP) is 0.696. The maximum atomic E-state index is 12.6. The van der Waals surface area contributed by atoms with E-state index < -0.39 is 0 Å². The Hall–Kier alpha value is -2.65. The molecule has 2 aromatic rings. The van der Waals surface area contributed by atoms with Crippen molar-refractivity contribution in [3.8, 4) is 11.8 Å². The van der Waals surface area contributed by atoms with Crippen molar-refractivity contribution < 1.29 is 4.79 Å². The van der Waals surface area contributed by atoms with Gasteiger partial charge in [-0.25, -0.2) is 4.98 Å². The average Bonchev–Trinajstić information content (AvgIpc) is 2.98. The van der Waals surface area contributed by atoms with Crippen LogP contribution in [-0.4, -0.2) is 39.6 Å². The molecular weight excluding hydrogens is 266 g/mol. The van der Waals surface area contributed by atoms with Gasteiger partial charge in [-0.2, -0.15) is 5.10 Å². The zero-order valence-corrected chi connectivity index (χ0v) is 12.1. The standard InChI is InChI=1S/C15H17N5O/c1-11-5-6-12(4-3-7-16)13(8-11)15(21)20(2)9-14-17-10-18-19-14/h5-6,8,10H,7,9,16H2,1-2H3,(H,17,18,19). The third-order valence-corrected chi connectivity index (χ3v) is 2.93. The van der Waals surface area contributed by atoms with Crippen LogP contribution < -0.4 is 5.73 Å². The smallest absolute Gasteiger partial charge is 0.255 e. The quantitative estimate of drug-likeness (QED) is 0.811. The van der Waals surface area contributed by atoms with Crippen molar-refractivity contribution in [2.75, 3.05) is 13.6 Å². The topological polar surface area (TPSA) is 87.9 Å². The SMILES string of the molecule is Cc1ccc(C#CCN)c(C(=O)N(C)Cc2ncn[nH]2)c1. The summed E-state index contributed by atoms with van der Waals surface area (Å²) in [4.78, 5) is 18.2. The zero-order valence-electron chi connectivity index (χ0n) is 12.1. The van der Waals surface area contributed by atoms with Crippen LogP contribution in [0.2, 0.25) is 0 Å². The highest BCUT2D eigenvalue weighted by molar-refractivity contribution is 5.96. The van der Waals surface area contributed by atoms with Crippen LogP contribution in [0.3, 0.4) is 0 Å². The van der Waals surface area contributed by atoms with E-state index in [1.807, 2.05) is 25.1 Å². The molecule has 6 heteroatoms. The van der Waals surface area contributed by atoms with Gasteiger partial charge in [0.25, 0.3) is 5.91 Å². The van der Waals surface area contributed by atoms with Crippen molar-refractivity contribution in [2.24, 2.45) is 5.73 Å². The Balaban J connectivity index is 2.26. The normalized spacial score (nSPS) is 9.86. The molecule has 0 saturated heterocycles. The van der Waals surface area contributed by atoms with Crippen LogP contribution in [0, 0.1) is 18.8 Å². The van der Waals surface area contributed by atoms with Crippen molar-refractivity contribution in [3.05, 3.63) is 47.0 Å². The Morgan fingerprint density at radius 3 is 2.95 bits per heavy atom. The number of H-pyrrole nitrogens is 1. The van der Waals surface area contributed by atoms with E-state index in [0.717, 1.165) is 5.56 Å². The van der Waals surface area contributed by atoms with Gasteiger partial charge >= 0.3 is 0 Å². The maximum absolute atomic E-state index is 12.6. The fraction of sp³-hybridized carbons (Fsp3) is 0.267. The minimum absolute atomic E-state index is 0.114. The third kappa shape index (κ3) is 3.68. The van der Waals surface area contributed by atoms with E-state index >= 15 is 0 Å². The highest BCUT2D eigenvalue weighted by Gasteiger charge is 2.16. The number of hydrogen-bond donors (Lipinski definition) is 2. The molecule has 108 valence electrons. The average molecular weight is 283 g/mol. The molecule has 0 aliphatic rings. The molecule has 6 nitrogen and oxygen atoms in total. The van der Waals surface area contributed by atoms with Crippen LogP contribution in [0.1, 0.15) is 27.3 Å². The second-order valence-electron chi connectivity index (χ2n) is 4.65. The van der Waals surface area contributed by atoms with E-state index in [9.17, 15) is 4.79 Å². The van der Waals surface area contributed by atoms with E-state index in [1.54, 1.807) is 11.9 Å². The first kappa shape index (κ1) is 14.8. The lowest BCUT2D eigenvalue weighted by Crippen LogP contribution is -2.27. The summed E-state index contributed by atoms with van der Waals surface area (Å²) in [6.45, 7) is 2.55. The maximum Gasteiger partial charge on any atom is 0.255 e. The number of benzene rings is 1. The lowest BCUT2D eigenvalue weighted by atomic mass is 10.0. The van der Waals surface area contributed by atoms with Gasteiger partial charge in [0.2, 0.25) is 0 Å². The fourth-order valence-electron chi connectivity index (χ4n) is 1.90. The van der Waals surface area contributed by atoms with Crippen molar-refractivity contribution >= 4 is 5.91 Å². The third-order valence-electron chi connectivity index (χ3n) is 2.93.